The molecule has 5 heteroatoms. The number of rotatable bonds is 2. The highest BCUT2D eigenvalue weighted by atomic mass is 35.5. The fraction of sp³-hybridized carbons (Fsp3) is 0.333. The van der Waals surface area contributed by atoms with Gasteiger partial charge < -0.3 is 0 Å². The monoisotopic (exact) mass is 233 g/mol. The summed E-state index contributed by atoms with van der Waals surface area (Å²) in [4.78, 5) is 9.96. The van der Waals surface area contributed by atoms with Gasteiger partial charge in [0.25, 0.3) is 5.69 Å². The van der Waals surface area contributed by atoms with Crippen molar-refractivity contribution in [2.45, 2.75) is 19.8 Å². The van der Waals surface area contributed by atoms with Crippen LogP contribution in [0.4, 0.5) is 5.69 Å². The number of nitro groups is 1. The van der Waals surface area contributed by atoms with Gasteiger partial charge >= 0.3 is 0 Å². The highest BCUT2D eigenvalue weighted by Gasteiger charge is 2.16. The first kappa shape index (κ1) is 11.3. The maximum atomic E-state index is 10.5. The van der Waals surface area contributed by atoms with E-state index in [1.807, 2.05) is 13.8 Å². The lowest BCUT2D eigenvalue weighted by Gasteiger charge is -2.09. The number of nitrogens with zero attached hydrogens (tertiary/aromatic N) is 1. The van der Waals surface area contributed by atoms with Gasteiger partial charge in [-0.2, -0.15) is 0 Å². The maximum absolute atomic E-state index is 10.5. The van der Waals surface area contributed by atoms with Crippen LogP contribution >= 0.6 is 23.2 Å². The molecular weight excluding hydrogens is 225 g/mol. The van der Waals surface area contributed by atoms with Crippen molar-refractivity contribution >= 4 is 28.9 Å². The fourth-order valence-electron chi connectivity index (χ4n) is 1.23. The van der Waals surface area contributed by atoms with Gasteiger partial charge in [0.05, 0.1) is 15.0 Å². The van der Waals surface area contributed by atoms with E-state index in [1.165, 1.54) is 12.1 Å². The molecule has 0 N–H and O–H groups in total. The fourth-order valence-corrected chi connectivity index (χ4v) is 2.14. The topological polar surface area (TPSA) is 43.1 Å². The van der Waals surface area contributed by atoms with E-state index < -0.39 is 4.92 Å². The van der Waals surface area contributed by atoms with Gasteiger partial charge in [-0.15, -0.1) is 0 Å². The van der Waals surface area contributed by atoms with Crippen LogP contribution in [0.1, 0.15) is 25.3 Å². The minimum absolute atomic E-state index is 0.0793. The van der Waals surface area contributed by atoms with Crippen LogP contribution in [-0.4, -0.2) is 4.92 Å². The van der Waals surface area contributed by atoms with Crippen LogP contribution in [0.2, 0.25) is 10.0 Å². The van der Waals surface area contributed by atoms with Crippen LogP contribution in [0, 0.1) is 10.1 Å². The van der Waals surface area contributed by atoms with Gasteiger partial charge in [0.2, 0.25) is 0 Å². The third kappa shape index (κ3) is 2.16. The quantitative estimate of drug-likeness (QED) is 0.572. The average molecular weight is 234 g/mol. The molecule has 0 aliphatic rings. The molecule has 0 heterocycles. The van der Waals surface area contributed by atoms with Crippen LogP contribution in [-0.2, 0) is 0 Å². The lowest BCUT2D eigenvalue weighted by molar-refractivity contribution is -0.384. The zero-order valence-electron chi connectivity index (χ0n) is 7.75. The highest BCUT2D eigenvalue weighted by Crippen LogP contribution is 2.34. The third-order valence-electron chi connectivity index (χ3n) is 1.85. The minimum atomic E-state index is -0.512. The zero-order valence-corrected chi connectivity index (χ0v) is 9.26. The first-order valence-corrected chi connectivity index (χ1v) is 4.82. The number of nitro benzene ring substituents is 1. The molecule has 1 aromatic carbocycles. The van der Waals surface area contributed by atoms with Crippen molar-refractivity contribution in [3.8, 4) is 0 Å². The maximum Gasteiger partial charge on any atom is 0.272 e. The van der Waals surface area contributed by atoms with Gasteiger partial charge in [-0.1, -0.05) is 37.0 Å². The first-order valence-electron chi connectivity index (χ1n) is 4.06. The molecule has 76 valence electrons. The SMILES string of the molecule is CC(C)c1c(Cl)cc([N+](=O)[O-])cc1Cl. The Morgan fingerprint density at radius 3 is 2.00 bits per heavy atom. The van der Waals surface area contributed by atoms with Crippen molar-refractivity contribution in [3.05, 3.63) is 37.9 Å². The number of hydrogen-bond acceptors (Lipinski definition) is 2. The lowest BCUT2D eigenvalue weighted by atomic mass is 10.0. The number of halogens is 2. The Hall–Kier alpha value is -0.800. The van der Waals surface area contributed by atoms with Crippen LogP contribution in [0.15, 0.2) is 12.1 Å². The second kappa shape index (κ2) is 4.15. The van der Waals surface area contributed by atoms with Crippen molar-refractivity contribution in [1.82, 2.24) is 0 Å². The molecule has 3 nitrogen and oxygen atoms in total. The average Bonchev–Trinajstić information content (AvgIpc) is 2.01. The molecule has 0 aliphatic carbocycles. The molecule has 0 saturated heterocycles. The zero-order chi connectivity index (χ0) is 10.9. The van der Waals surface area contributed by atoms with E-state index in [1.54, 1.807) is 0 Å². The third-order valence-corrected chi connectivity index (χ3v) is 2.48. The summed E-state index contributed by atoms with van der Waals surface area (Å²) in [7, 11) is 0. The van der Waals surface area contributed by atoms with Crippen molar-refractivity contribution in [1.29, 1.82) is 0 Å². The van der Waals surface area contributed by atoms with Crippen molar-refractivity contribution in [2.24, 2.45) is 0 Å². The van der Waals surface area contributed by atoms with Crippen LogP contribution in [0.3, 0.4) is 0 Å². The number of benzene rings is 1. The molecular formula is C9H9Cl2NO2. The van der Waals surface area contributed by atoms with Gasteiger partial charge in [0.15, 0.2) is 0 Å². The Morgan fingerprint density at radius 1 is 1.29 bits per heavy atom. The molecule has 0 fully saturated rings. The molecule has 0 aliphatic heterocycles. The lowest BCUT2D eigenvalue weighted by Crippen LogP contribution is -1.94. The Balaban J connectivity index is 3.32. The Morgan fingerprint density at radius 2 is 1.71 bits per heavy atom. The van der Waals surface area contributed by atoms with Gasteiger partial charge in [-0.25, -0.2) is 0 Å². The Kier molecular flexibility index (Phi) is 3.34. The van der Waals surface area contributed by atoms with E-state index >= 15 is 0 Å². The van der Waals surface area contributed by atoms with Crippen molar-refractivity contribution in [3.63, 3.8) is 0 Å². The summed E-state index contributed by atoms with van der Waals surface area (Å²) >= 11 is 11.8. The van der Waals surface area contributed by atoms with Gasteiger partial charge in [0, 0.05) is 12.1 Å². The predicted molar refractivity (Wildman–Crippen MR) is 57.2 cm³/mol. The summed E-state index contributed by atoms with van der Waals surface area (Å²) in [5.74, 6) is 0.149. The highest BCUT2D eigenvalue weighted by molar-refractivity contribution is 6.36. The molecule has 1 rings (SSSR count). The smallest absolute Gasteiger partial charge is 0.258 e. The molecule has 0 radical (unpaired) electrons. The van der Waals surface area contributed by atoms with E-state index in [4.69, 9.17) is 23.2 Å². The Labute approximate surface area is 91.8 Å². The molecule has 14 heavy (non-hydrogen) atoms. The van der Waals surface area contributed by atoms with E-state index in [9.17, 15) is 10.1 Å². The summed E-state index contributed by atoms with van der Waals surface area (Å²) in [6.45, 7) is 3.86. The van der Waals surface area contributed by atoms with Crippen LogP contribution in [0.5, 0.6) is 0 Å². The Bertz CT molecular complexity index is 354. The minimum Gasteiger partial charge on any atom is -0.258 e. The van der Waals surface area contributed by atoms with Gasteiger partial charge in [-0.3, -0.25) is 10.1 Å². The first-order chi connectivity index (χ1) is 6.43. The summed E-state index contributed by atoms with van der Waals surface area (Å²) in [5.41, 5.74) is 0.670. The largest absolute Gasteiger partial charge is 0.272 e. The van der Waals surface area contributed by atoms with Crippen molar-refractivity contribution < 1.29 is 4.92 Å². The van der Waals surface area contributed by atoms with Crippen molar-refractivity contribution in [2.75, 3.05) is 0 Å². The van der Waals surface area contributed by atoms with E-state index in [0.717, 1.165) is 5.56 Å². The second-order valence-electron chi connectivity index (χ2n) is 3.23. The van der Waals surface area contributed by atoms with Crippen LogP contribution in [0.25, 0.3) is 0 Å². The van der Waals surface area contributed by atoms with Crippen LogP contribution < -0.4 is 0 Å². The van der Waals surface area contributed by atoms with E-state index in [0.29, 0.717) is 10.0 Å². The predicted octanol–water partition coefficient (Wildman–Crippen LogP) is 4.03. The van der Waals surface area contributed by atoms with Gasteiger partial charge in [0.1, 0.15) is 0 Å². The molecule has 1 aromatic rings. The summed E-state index contributed by atoms with van der Waals surface area (Å²) in [6.07, 6.45) is 0. The molecule has 0 bridgehead atoms. The van der Waals surface area contributed by atoms with E-state index in [2.05, 4.69) is 0 Å². The molecule has 0 spiro atoms. The van der Waals surface area contributed by atoms with E-state index in [-0.39, 0.29) is 11.6 Å². The van der Waals surface area contributed by atoms with Gasteiger partial charge in [-0.05, 0) is 11.5 Å². The summed E-state index contributed by atoms with van der Waals surface area (Å²) < 4.78 is 0. The summed E-state index contributed by atoms with van der Waals surface area (Å²) in [6, 6.07) is 2.64. The molecule has 0 saturated carbocycles. The summed E-state index contributed by atoms with van der Waals surface area (Å²) in [5, 5.41) is 11.2. The second-order valence-corrected chi connectivity index (χ2v) is 4.05. The molecule has 0 amide bonds. The molecule has 0 aromatic heterocycles. The molecule has 0 atom stereocenters. The number of hydrogen-bond donors (Lipinski definition) is 0. The standard InChI is InChI=1S/C9H9Cl2NO2/c1-5(2)9-7(10)3-6(12(13)14)4-8(9)11/h3-5H,1-2H3. The normalized spacial score (nSPS) is 10.6. The number of non-ortho nitro benzene ring substituents is 1. The molecule has 0 unspecified atom stereocenters.